The predicted octanol–water partition coefficient (Wildman–Crippen LogP) is 3.55. The van der Waals surface area contributed by atoms with Gasteiger partial charge < -0.3 is 4.52 Å². The molecule has 0 N–H and O–H groups in total. The standard InChI is InChI=1S/C12H20NO2P/c1-11(2)7-9-15-16(3,14)10-12-6-4-5-8-13-12/h4-6,8,11H,7,9-10H2,1-3H3. The number of hydrogen-bond acceptors (Lipinski definition) is 3. The molecule has 0 bridgehead atoms. The lowest BCUT2D eigenvalue weighted by molar-refractivity contribution is 0.290. The van der Waals surface area contributed by atoms with Crippen LogP contribution in [0.15, 0.2) is 24.4 Å². The van der Waals surface area contributed by atoms with Crippen LogP contribution < -0.4 is 0 Å². The molecule has 0 fully saturated rings. The monoisotopic (exact) mass is 241 g/mol. The van der Waals surface area contributed by atoms with E-state index in [0.29, 0.717) is 18.7 Å². The van der Waals surface area contributed by atoms with Gasteiger partial charge in [0.2, 0.25) is 7.37 Å². The van der Waals surface area contributed by atoms with E-state index in [2.05, 4.69) is 18.8 Å². The zero-order chi connectivity index (χ0) is 12.0. The molecule has 3 nitrogen and oxygen atoms in total. The first kappa shape index (κ1) is 13.4. The van der Waals surface area contributed by atoms with Crippen molar-refractivity contribution in [3.63, 3.8) is 0 Å². The fourth-order valence-electron chi connectivity index (χ4n) is 1.31. The molecular formula is C12H20NO2P. The highest BCUT2D eigenvalue weighted by molar-refractivity contribution is 7.57. The molecule has 0 amide bonds. The Morgan fingerprint density at radius 1 is 1.44 bits per heavy atom. The van der Waals surface area contributed by atoms with E-state index in [-0.39, 0.29) is 0 Å². The number of pyridine rings is 1. The van der Waals surface area contributed by atoms with Crippen molar-refractivity contribution in [2.24, 2.45) is 5.92 Å². The molecule has 16 heavy (non-hydrogen) atoms. The molecule has 0 aromatic carbocycles. The van der Waals surface area contributed by atoms with Gasteiger partial charge in [0.05, 0.1) is 12.8 Å². The molecule has 90 valence electrons. The maximum absolute atomic E-state index is 12.1. The Labute approximate surface area is 97.7 Å². The van der Waals surface area contributed by atoms with Crippen LogP contribution in [0.4, 0.5) is 0 Å². The summed E-state index contributed by atoms with van der Waals surface area (Å²) in [6.07, 6.45) is 3.08. The summed E-state index contributed by atoms with van der Waals surface area (Å²) in [5.74, 6) is 0.579. The first-order valence-electron chi connectivity index (χ1n) is 5.60. The van der Waals surface area contributed by atoms with E-state index in [9.17, 15) is 4.57 Å². The number of nitrogens with zero attached hydrogens (tertiary/aromatic N) is 1. The average Bonchev–Trinajstić information content (AvgIpc) is 2.17. The van der Waals surface area contributed by atoms with Gasteiger partial charge in [0.15, 0.2) is 0 Å². The Bertz CT molecular complexity index is 351. The van der Waals surface area contributed by atoms with Gasteiger partial charge in [-0.2, -0.15) is 0 Å². The van der Waals surface area contributed by atoms with Gasteiger partial charge in [-0.15, -0.1) is 0 Å². The molecule has 1 atom stereocenters. The SMILES string of the molecule is CC(C)CCOP(C)(=O)Cc1ccccn1. The Kier molecular flexibility index (Phi) is 5.17. The van der Waals surface area contributed by atoms with Gasteiger partial charge in [-0.25, -0.2) is 0 Å². The minimum absolute atomic E-state index is 0.423. The Morgan fingerprint density at radius 3 is 2.75 bits per heavy atom. The summed E-state index contributed by atoms with van der Waals surface area (Å²) in [5.41, 5.74) is 0.831. The molecule has 1 heterocycles. The second-order valence-electron chi connectivity index (χ2n) is 4.51. The summed E-state index contributed by atoms with van der Waals surface area (Å²) in [7, 11) is -2.53. The molecule has 0 radical (unpaired) electrons. The third-order valence-electron chi connectivity index (χ3n) is 2.23. The second kappa shape index (κ2) is 6.17. The highest BCUT2D eigenvalue weighted by atomic mass is 31.2. The summed E-state index contributed by atoms with van der Waals surface area (Å²) < 4.78 is 17.6. The summed E-state index contributed by atoms with van der Waals surface area (Å²) in [6.45, 7) is 6.51. The lowest BCUT2D eigenvalue weighted by Gasteiger charge is -2.14. The zero-order valence-electron chi connectivity index (χ0n) is 10.2. The van der Waals surface area contributed by atoms with Gasteiger partial charge in [0.1, 0.15) is 0 Å². The molecule has 4 heteroatoms. The normalized spacial score (nSPS) is 15.0. The van der Waals surface area contributed by atoms with Crippen LogP contribution in [0.3, 0.4) is 0 Å². The summed E-state index contributed by atoms with van der Waals surface area (Å²) in [4.78, 5) is 4.15. The van der Waals surface area contributed by atoms with E-state index < -0.39 is 7.37 Å². The van der Waals surface area contributed by atoms with E-state index in [1.165, 1.54) is 0 Å². The van der Waals surface area contributed by atoms with E-state index in [1.54, 1.807) is 12.9 Å². The first-order chi connectivity index (χ1) is 7.49. The lowest BCUT2D eigenvalue weighted by Crippen LogP contribution is -1.99. The van der Waals surface area contributed by atoms with Crippen LogP contribution in [0.5, 0.6) is 0 Å². The van der Waals surface area contributed by atoms with Crippen molar-refractivity contribution in [1.29, 1.82) is 0 Å². The minimum Gasteiger partial charge on any atom is -0.328 e. The summed E-state index contributed by atoms with van der Waals surface area (Å²) in [5, 5.41) is 0. The molecule has 0 saturated carbocycles. The van der Waals surface area contributed by atoms with Crippen molar-refractivity contribution in [3.8, 4) is 0 Å². The zero-order valence-corrected chi connectivity index (χ0v) is 11.1. The van der Waals surface area contributed by atoms with Gasteiger partial charge in [-0.3, -0.25) is 9.55 Å². The molecule has 1 rings (SSSR count). The number of hydrogen-bond donors (Lipinski definition) is 0. The Hall–Kier alpha value is -0.660. The fourth-order valence-corrected chi connectivity index (χ4v) is 2.67. The molecule has 0 saturated heterocycles. The minimum atomic E-state index is -2.53. The molecule has 1 unspecified atom stereocenters. The lowest BCUT2D eigenvalue weighted by atomic mass is 10.2. The van der Waals surface area contributed by atoms with Crippen molar-refractivity contribution < 1.29 is 9.09 Å². The van der Waals surface area contributed by atoms with Crippen molar-refractivity contribution in [2.45, 2.75) is 26.4 Å². The highest BCUT2D eigenvalue weighted by Gasteiger charge is 2.17. The summed E-state index contributed by atoms with van der Waals surface area (Å²) in [6, 6.07) is 5.63. The quantitative estimate of drug-likeness (QED) is 0.715. The molecule has 0 aliphatic rings. The fraction of sp³-hybridized carbons (Fsp3) is 0.583. The van der Waals surface area contributed by atoms with Gasteiger partial charge in [0, 0.05) is 18.6 Å². The van der Waals surface area contributed by atoms with E-state index in [4.69, 9.17) is 4.52 Å². The third kappa shape index (κ3) is 5.43. The van der Waals surface area contributed by atoms with Crippen LogP contribution >= 0.6 is 7.37 Å². The van der Waals surface area contributed by atoms with E-state index in [1.807, 2.05) is 18.2 Å². The molecule has 0 aliphatic heterocycles. The van der Waals surface area contributed by atoms with Gasteiger partial charge in [-0.05, 0) is 24.5 Å². The van der Waals surface area contributed by atoms with Crippen molar-refractivity contribution in [1.82, 2.24) is 4.98 Å². The van der Waals surface area contributed by atoms with E-state index in [0.717, 1.165) is 12.1 Å². The summed E-state index contributed by atoms with van der Waals surface area (Å²) >= 11 is 0. The highest BCUT2D eigenvalue weighted by Crippen LogP contribution is 2.45. The average molecular weight is 241 g/mol. The largest absolute Gasteiger partial charge is 0.328 e. The van der Waals surface area contributed by atoms with E-state index >= 15 is 0 Å². The Morgan fingerprint density at radius 2 is 2.19 bits per heavy atom. The Balaban J connectivity index is 2.43. The van der Waals surface area contributed by atoms with Gasteiger partial charge >= 0.3 is 0 Å². The van der Waals surface area contributed by atoms with Gasteiger partial charge in [-0.1, -0.05) is 19.9 Å². The topological polar surface area (TPSA) is 39.2 Å². The molecule has 0 aliphatic carbocycles. The van der Waals surface area contributed by atoms with Crippen LogP contribution in [-0.2, 0) is 15.3 Å². The van der Waals surface area contributed by atoms with Crippen LogP contribution in [0.2, 0.25) is 0 Å². The second-order valence-corrected chi connectivity index (χ2v) is 7.11. The van der Waals surface area contributed by atoms with Crippen molar-refractivity contribution in [3.05, 3.63) is 30.1 Å². The van der Waals surface area contributed by atoms with Crippen LogP contribution in [0.1, 0.15) is 26.0 Å². The van der Waals surface area contributed by atoms with Crippen molar-refractivity contribution >= 4 is 7.37 Å². The van der Waals surface area contributed by atoms with Crippen LogP contribution in [0, 0.1) is 5.92 Å². The number of rotatable bonds is 6. The maximum Gasteiger partial charge on any atom is 0.206 e. The van der Waals surface area contributed by atoms with Gasteiger partial charge in [0.25, 0.3) is 0 Å². The predicted molar refractivity (Wildman–Crippen MR) is 66.9 cm³/mol. The van der Waals surface area contributed by atoms with Crippen LogP contribution in [0.25, 0.3) is 0 Å². The molecular weight excluding hydrogens is 221 g/mol. The molecule has 1 aromatic rings. The first-order valence-corrected chi connectivity index (χ1v) is 7.86. The molecule has 1 aromatic heterocycles. The smallest absolute Gasteiger partial charge is 0.206 e. The number of aromatic nitrogens is 1. The van der Waals surface area contributed by atoms with Crippen molar-refractivity contribution in [2.75, 3.05) is 13.3 Å². The third-order valence-corrected chi connectivity index (χ3v) is 3.86. The maximum atomic E-state index is 12.1. The molecule has 0 spiro atoms. The van der Waals surface area contributed by atoms with Crippen LogP contribution in [-0.4, -0.2) is 18.3 Å².